The summed E-state index contributed by atoms with van der Waals surface area (Å²) in [6.45, 7) is 5.63. The van der Waals surface area contributed by atoms with Crippen LogP contribution in [0.5, 0.6) is 0 Å². The topological polar surface area (TPSA) is 73.8 Å². The van der Waals surface area contributed by atoms with Crippen molar-refractivity contribution in [2.24, 2.45) is 4.99 Å². The summed E-state index contributed by atoms with van der Waals surface area (Å²) in [7, 11) is 0. The van der Waals surface area contributed by atoms with Gasteiger partial charge in [0.05, 0.1) is 28.5 Å². The number of aryl methyl sites for hydroxylation is 1. The van der Waals surface area contributed by atoms with Crippen LogP contribution in [0.15, 0.2) is 67.9 Å². The Morgan fingerprint density at radius 2 is 2.00 bits per heavy atom. The van der Waals surface area contributed by atoms with Crippen molar-refractivity contribution >= 4 is 23.4 Å². The summed E-state index contributed by atoms with van der Waals surface area (Å²) in [6, 6.07) is 12.5. The zero-order valence-corrected chi connectivity index (χ0v) is 17.2. The lowest BCUT2D eigenvalue weighted by molar-refractivity contribution is -0.139. The number of ether oxygens (including phenoxy) is 1. The number of aromatic nitrogens is 1. The van der Waals surface area contributed by atoms with Crippen molar-refractivity contribution in [1.29, 1.82) is 0 Å². The number of carbonyl (C=O) groups excluding carboxylic acids is 1. The maximum atomic E-state index is 13.3. The van der Waals surface area contributed by atoms with Gasteiger partial charge in [0.2, 0.25) is 0 Å². The van der Waals surface area contributed by atoms with Crippen LogP contribution in [0.25, 0.3) is 6.08 Å². The van der Waals surface area contributed by atoms with Gasteiger partial charge in [0.1, 0.15) is 11.5 Å². The highest BCUT2D eigenvalue weighted by atomic mass is 32.1. The van der Waals surface area contributed by atoms with Crippen molar-refractivity contribution in [3.63, 3.8) is 0 Å². The van der Waals surface area contributed by atoms with Gasteiger partial charge in [0.25, 0.3) is 5.56 Å². The summed E-state index contributed by atoms with van der Waals surface area (Å²) < 4.78 is 12.9. The molecule has 0 radical (unpaired) electrons. The SMILES string of the molecule is CCOC(=O)C1=C(C)N=c2s/c(=C/c3ccc(C)o3)c(=O)n2C1c1ccccc1. The third-order valence-electron chi connectivity index (χ3n) is 4.67. The Morgan fingerprint density at radius 3 is 2.66 bits per heavy atom. The molecule has 1 aliphatic heterocycles. The number of rotatable bonds is 4. The minimum atomic E-state index is -0.591. The first-order valence-electron chi connectivity index (χ1n) is 9.30. The van der Waals surface area contributed by atoms with Crippen LogP contribution in [0.4, 0.5) is 0 Å². The van der Waals surface area contributed by atoms with E-state index in [1.165, 1.54) is 11.3 Å². The Labute approximate surface area is 171 Å². The van der Waals surface area contributed by atoms with Crippen molar-refractivity contribution in [3.8, 4) is 0 Å². The second kappa shape index (κ2) is 7.67. The monoisotopic (exact) mass is 408 g/mol. The average molecular weight is 408 g/mol. The molecule has 0 saturated heterocycles. The molecule has 0 N–H and O–H groups in total. The highest BCUT2D eigenvalue weighted by Crippen LogP contribution is 2.30. The smallest absolute Gasteiger partial charge is 0.338 e. The van der Waals surface area contributed by atoms with E-state index in [2.05, 4.69) is 4.99 Å². The van der Waals surface area contributed by atoms with Crippen LogP contribution in [0.3, 0.4) is 0 Å². The van der Waals surface area contributed by atoms with Gasteiger partial charge in [-0.2, -0.15) is 0 Å². The van der Waals surface area contributed by atoms with Gasteiger partial charge in [0, 0.05) is 6.08 Å². The maximum absolute atomic E-state index is 13.3. The van der Waals surface area contributed by atoms with Crippen LogP contribution < -0.4 is 14.9 Å². The highest BCUT2D eigenvalue weighted by Gasteiger charge is 2.33. The molecule has 2 aromatic heterocycles. The molecule has 0 aliphatic carbocycles. The predicted molar refractivity (Wildman–Crippen MR) is 110 cm³/mol. The lowest BCUT2D eigenvalue weighted by atomic mass is 9.96. The van der Waals surface area contributed by atoms with Crippen molar-refractivity contribution < 1.29 is 13.9 Å². The molecule has 0 spiro atoms. The number of benzene rings is 1. The van der Waals surface area contributed by atoms with Gasteiger partial charge in [-0.05, 0) is 38.5 Å². The number of allylic oxidation sites excluding steroid dienone is 1. The van der Waals surface area contributed by atoms with E-state index < -0.39 is 12.0 Å². The fourth-order valence-corrected chi connectivity index (χ4v) is 4.43. The number of thiazole rings is 1. The quantitative estimate of drug-likeness (QED) is 0.622. The van der Waals surface area contributed by atoms with E-state index in [9.17, 15) is 9.59 Å². The fraction of sp³-hybridized carbons (Fsp3) is 0.227. The normalized spacial score (nSPS) is 16.5. The Hall–Kier alpha value is -3.19. The molecule has 7 heteroatoms. The van der Waals surface area contributed by atoms with Crippen molar-refractivity contribution in [3.05, 3.63) is 90.5 Å². The molecule has 3 aromatic rings. The Morgan fingerprint density at radius 1 is 1.24 bits per heavy atom. The Kier molecular flexibility index (Phi) is 5.07. The molecule has 3 heterocycles. The van der Waals surface area contributed by atoms with Gasteiger partial charge >= 0.3 is 5.97 Å². The van der Waals surface area contributed by atoms with E-state index >= 15 is 0 Å². The van der Waals surface area contributed by atoms with Crippen LogP contribution in [0.1, 0.15) is 37.0 Å². The van der Waals surface area contributed by atoms with Crippen molar-refractivity contribution in [2.45, 2.75) is 26.8 Å². The van der Waals surface area contributed by atoms with E-state index in [1.54, 1.807) is 24.5 Å². The minimum Gasteiger partial charge on any atom is -0.463 e. The third-order valence-corrected chi connectivity index (χ3v) is 5.65. The molecule has 1 unspecified atom stereocenters. The van der Waals surface area contributed by atoms with Crippen LogP contribution in [-0.2, 0) is 9.53 Å². The molecule has 29 heavy (non-hydrogen) atoms. The van der Waals surface area contributed by atoms with E-state index in [0.29, 0.717) is 26.4 Å². The summed E-state index contributed by atoms with van der Waals surface area (Å²) in [5.74, 6) is 0.913. The highest BCUT2D eigenvalue weighted by molar-refractivity contribution is 7.07. The molecular formula is C22H20N2O4S. The third kappa shape index (κ3) is 3.49. The molecule has 4 rings (SSSR count). The first-order valence-corrected chi connectivity index (χ1v) is 10.1. The Bertz CT molecular complexity index is 1280. The molecular weight excluding hydrogens is 388 g/mol. The van der Waals surface area contributed by atoms with Gasteiger partial charge in [-0.3, -0.25) is 9.36 Å². The summed E-state index contributed by atoms with van der Waals surface area (Å²) in [4.78, 5) is 31.1. The van der Waals surface area contributed by atoms with Crippen LogP contribution in [0, 0.1) is 6.92 Å². The molecule has 0 saturated carbocycles. The zero-order chi connectivity index (χ0) is 20.5. The molecule has 1 aromatic carbocycles. The van der Waals surface area contributed by atoms with E-state index in [0.717, 1.165) is 11.3 Å². The zero-order valence-electron chi connectivity index (χ0n) is 16.3. The summed E-state index contributed by atoms with van der Waals surface area (Å²) in [6.07, 6.45) is 1.71. The minimum absolute atomic E-state index is 0.217. The number of esters is 1. The lowest BCUT2D eigenvalue weighted by Gasteiger charge is -2.24. The molecule has 0 amide bonds. The van der Waals surface area contributed by atoms with Gasteiger partial charge in [-0.15, -0.1) is 0 Å². The Balaban J connectivity index is 1.96. The van der Waals surface area contributed by atoms with E-state index in [-0.39, 0.29) is 12.2 Å². The first kappa shape index (κ1) is 19.1. The standard InChI is InChI=1S/C22H20N2O4S/c1-4-27-21(26)18-14(3)23-22-24(19(18)15-8-6-5-7-9-15)20(25)17(29-22)12-16-11-10-13(2)28-16/h5-12,19H,4H2,1-3H3/b17-12+. The number of carbonyl (C=O) groups is 1. The summed E-state index contributed by atoms with van der Waals surface area (Å²) >= 11 is 1.28. The van der Waals surface area contributed by atoms with Gasteiger partial charge in [-0.1, -0.05) is 41.7 Å². The molecule has 6 nitrogen and oxygen atoms in total. The predicted octanol–water partition coefficient (Wildman–Crippen LogP) is 2.70. The summed E-state index contributed by atoms with van der Waals surface area (Å²) in [5.41, 5.74) is 1.54. The number of nitrogens with zero attached hydrogens (tertiary/aromatic N) is 2. The molecule has 1 atom stereocenters. The second-order valence-electron chi connectivity index (χ2n) is 6.66. The van der Waals surface area contributed by atoms with Gasteiger partial charge < -0.3 is 9.15 Å². The fourth-order valence-electron chi connectivity index (χ4n) is 3.40. The van der Waals surface area contributed by atoms with E-state index in [1.807, 2.05) is 49.4 Å². The van der Waals surface area contributed by atoms with Crippen LogP contribution in [-0.4, -0.2) is 17.1 Å². The van der Waals surface area contributed by atoms with Crippen molar-refractivity contribution in [2.75, 3.05) is 6.61 Å². The van der Waals surface area contributed by atoms with Gasteiger partial charge in [0.15, 0.2) is 4.80 Å². The lowest BCUT2D eigenvalue weighted by Crippen LogP contribution is -2.39. The molecule has 148 valence electrons. The number of furan rings is 1. The molecule has 1 aliphatic rings. The largest absolute Gasteiger partial charge is 0.463 e. The average Bonchev–Trinajstić information content (AvgIpc) is 3.24. The van der Waals surface area contributed by atoms with Crippen LogP contribution in [0.2, 0.25) is 0 Å². The number of hydrogen-bond donors (Lipinski definition) is 0. The van der Waals surface area contributed by atoms with Crippen molar-refractivity contribution in [1.82, 2.24) is 4.57 Å². The second-order valence-corrected chi connectivity index (χ2v) is 7.67. The van der Waals surface area contributed by atoms with Crippen LogP contribution >= 0.6 is 11.3 Å². The molecule has 0 fully saturated rings. The summed E-state index contributed by atoms with van der Waals surface area (Å²) in [5, 5.41) is 0. The van der Waals surface area contributed by atoms with Gasteiger partial charge in [-0.25, -0.2) is 9.79 Å². The number of fused-ring (bicyclic) bond motifs is 1. The first-order chi connectivity index (χ1) is 14.0. The van der Waals surface area contributed by atoms with E-state index in [4.69, 9.17) is 9.15 Å². The maximum Gasteiger partial charge on any atom is 0.338 e. The number of hydrogen-bond acceptors (Lipinski definition) is 6. The molecule has 0 bridgehead atoms.